The molecule has 0 amide bonds. The van der Waals surface area contributed by atoms with Crippen LogP contribution in [0.2, 0.25) is 0 Å². The minimum absolute atomic E-state index is 0.0818. The van der Waals surface area contributed by atoms with E-state index in [1.165, 1.54) is 0 Å². The lowest BCUT2D eigenvalue weighted by Gasteiger charge is -2.34. The molecule has 3 N–H and O–H groups in total. The number of rotatable bonds is 10. The predicted molar refractivity (Wildman–Crippen MR) is 163 cm³/mol. The Balaban J connectivity index is 1.45. The number of fused-ring (bicyclic) bond motifs is 1. The molecule has 1 aliphatic carbocycles. The van der Waals surface area contributed by atoms with E-state index >= 15 is 4.39 Å². The number of nitrogens with zero attached hydrogens (tertiary/aromatic N) is 5. The van der Waals surface area contributed by atoms with Crippen molar-refractivity contribution in [3.63, 3.8) is 0 Å². The zero-order valence-corrected chi connectivity index (χ0v) is 24.5. The van der Waals surface area contributed by atoms with Crippen molar-refractivity contribution in [2.24, 2.45) is 11.3 Å². The third-order valence-corrected chi connectivity index (χ3v) is 9.10. The van der Waals surface area contributed by atoms with E-state index in [0.717, 1.165) is 62.2 Å². The number of aromatic nitrogens is 3. The third kappa shape index (κ3) is 5.86. The van der Waals surface area contributed by atoms with Gasteiger partial charge in [0.15, 0.2) is 5.82 Å². The molecule has 2 fully saturated rings. The normalized spacial score (nSPS) is 18.3. The highest BCUT2D eigenvalue weighted by molar-refractivity contribution is 7.13. The van der Waals surface area contributed by atoms with Crippen molar-refractivity contribution in [3.05, 3.63) is 47.7 Å². The van der Waals surface area contributed by atoms with Gasteiger partial charge in [-0.1, -0.05) is 12.1 Å². The Labute approximate surface area is 244 Å². The van der Waals surface area contributed by atoms with Crippen molar-refractivity contribution >= 4 is 33.7 Å². The van der Waals surface area contributed by atoms with Crippen molar-refractivity contribution in [1.82, 2.24) is 19.9 Å². The van der Waals surface area contributed by atoms with Crippen LogP contribution in [0.25, 0.3) is 32.6 Å². The highest BCUT2D eigenvalue weighted by Gasteiger charge is 2.44. The van der Waals surface area contributed by atoms with E-state index in [9.17, 15) is 5.11 Å². The van der Waals surface area contributed by atoms with E-state index in [4.69, 9.17) is 15.5 Å². The number of nitrogens with two attached hydrogens (primary N) is 1. The van der Waals surface area contributed by atoms with Crippen LogP contribution in [0.1, 0.15) is 32.1 Å². The number of anilines is 2. The van der Waals surface area contributed by atoms with Crippen LogP contribution in [-0.2, 0) is 0 Å². The Morgan fingerprint density at radius 1 is 1.22 bits per heavy atom. The van der Waals surface area contributed by atoms with E-state index in [2.05, 4.69) is 33.9 Å². The van der Waals surface area contributed by atoms with Crippen LogP contribution in [0.5, 0.6) is 6.01 Å². The van der Waals surface area contributed by atoms with Crippen LogP contribution >= 0.6 is 11.3 Å². The molecule has 0 bridgehead atoms. The SMILES string of the molecule is CN(C)CC1(COc2nc(N3CCC[C@H](CCO)C3)c3cnc(-c4cc(N)ccc4-c4cccs4)c(F)c3n2)CC1. The van der Waals surface area contributed by atoms with Crippen molar-refractivity contribution < 1.29 is 14.2 Å². The van der Waals surface area contributed by atoms with Gasteiger partial charge in [-0.3, -0.25) is 4.98 Å². The average Bonchev–Trinajstić information content (AvgIpc) is 3.49. The van der Waals surface area contributed by atoms with Crippen molar-refractivity contribution in [1.29, 1.82) is 0 Å². The lowest BCUT2D eigenvalue weighted by molar-refractivity contribution is 0.183. The maximum Gasteiger partial charge on any atom is 0.319 e. The van der Waals surface area contributed by atoms with Crippen LogP contribution in [0.4, 0.5) is 15.9 Å². The van der Waals surface area contributed by atoms with E-state index < -0.39 is 5.82 Å². The van der Waals surface area contributed by atoms with Gasteiger partial charge in [0, 0.05) is 59.5 Å². The summed E-state index contributed by atoms with van der Waals surface area (Å²) in [6.07, 6.45) is 6.60. The van der Waals surface area contributed by atoms with Crippen molar-refractivity contribution in [3.8, 4) is 27.7 Å². The topological polar surface area (TPSA) is 101 Å². The summed E-state index contributed by atoms with van der Waals surface area (Å²) < 4.78 is 22.8. The molecule has 1 saturated heterocycles. The molecule has 6 rings (SSSR count). The van der Waals surface area contributed by atoms with E-state index in [-0.39, 0.29) is 29.2 Å². The van der Waals surface area contributed by atoms with Gasteiger partial charge in [0.1, 0.15) is 17.0 Å². The molecule has 0 radical (unpaired) electrons. The van der Waals surface area contributed by atoms with Crippen LogP contribution in [-0.4, -0.2) is 71.9 Å². The standard InChI is InChI=1S/C31H37FN6O2S/c1-37(2)18-31(10-11-31)19-40-30-35-28-24(29(36-30)38-12-3-5-20(17-38)9-13-39)16-34-27(26(28)32)23-15-21(33)7-8-22(23)25-6-4-14-41-25/h4,6-8,14-16,20,39H,3,5,9-13,17-19,33H2,1-2H3/t20-/m1/s1. The fourth-order valence-electron chi connectivity index (χ4n) is 6.01. The molecule has 41 heavy (non-hydrogen) atoms. The summed E-state index contributed by atoms with van der Waals surface area (Å²) in [6, 6.07) is 9.67. The molecule has 1 atom stereocenters. The average molecular weight is 577 g/mol. The number of aliphatic hydroxyl groups excluding tert-OH is 1. The number of nitrogen functional groups attached to an aromatic ring is 1. The summed E-state index contributed by atoms with van der Waals surface area (Å²) >= 11 is 1.58. The summed E-state index contributed by atoms with van der Waals surface area (Å²) in [7, 11) is 4.13. The Morgan fingerprint density at radius 3 is 2.80 bits per heavy atom. The Kier molecular flexibility index (Phi) is 7.80. The largest absolute Gasteiger partial charge is 0.463 e. The second kappa shape index (κ2) is 11.5. The molecule has 3 aromatic heterocycles. The molecule has 1 aromatic carbocycles. The Bertz CT molecular complexity index is 1520. The van der Waals surface area contributed by atoms with Crippen LogP contribution in [0.3, 0.4) is 0 Å². The number of halogens is 1. The number of hydrogen-bond donors (Lipinski definition) is 2. The van der Waals surface area contributed by atoms with Gasteiger partial charge in [-0.2, -0.15) is 9.97 Å². The van der Waals surface area contributed by atoms with Gasteiger partial charge in [0.25, 0.3) is 0 Å². The first-order chi connectivity index (χ1) is 19.9. The quantitative estimate of drug-likeness (QED) is 0.240. The maximum absolute atomic E-state index is 16.6. The summed E-state index contributed by atoms with van der Waals surface area (Å²) in [5.41, 5.74) is 8.67. The van der Waals surface area contributed by atoms with Gasteiger partial charge in [0.05, 0.1) is 12.0 Å². The number of thiophene rings is 1. The third-order valence-electron chi connectivity index (χ3n) is 8.20. The monoisotopic (exact) mass is 576 g/mol. The van der Waals surface area contributed by atoms with Gasteiger partial charge >= 0.3 is 6.01 Å². The number of hydrogen-bond acceptors (Lipinski definition) is 9. The smallest absolute Gasteiger partial charge is 0.319 e. The molecule has 1 saturated carbocycles. The second-order valence-corrected chi connectivity index (χ2v) is 12.7. The summed E-state index contributed by atoms with van der Waals surface area (Å²) in [6.45, 7) is 3.08. The molecule has 1 aliphatic heterocycles. The minimum atomic E-state index is -0.516. The molecule has 4 aromatic rings. The van der Waals surface area contributed by atoms with Crippen molar-refractivity contribution in [2.45, 2.75) is 32.1 Å². The summed E-state index contributed by atoms with van der Waals surface area (Å²) in [4.78, 5) is 19.5. The zero-order valence-electron chi connectivity index (χ0n) is 23.6. The molecular formula is C31H37FN6O2S. The number of piperidine rings is 1. The number of pyridine rings is 1. The molecule has 0 spiro atoms. The fourth-order valence-corrected chi connectivity index (χ4v) is 6.77. The fraction of sp³-hybridized carbons (Fsp3) is 0.452. The zero-order chi connectivity index (χ0) is 28.6. The molecule has 216 valence electrons. The summed E-state index contributed by atoms with van der Waals surface area (Å²) in [5.74, 6) is 0.461. The van der Waals surface area contributed by atoms with E-state index in [1.54, 1.807) is 23.6 Å². The highest BCUT2D eigenvalue weighted by Crippen LogP contribution is 2.46. The van der Waals surface area contributed by atoms with Crippen LogP contribution in [0.15, 0.2) is 41.9 Å². The lowest BCUT2D eigenvalue weighted by Crippen LogP contribution is -2.36. The van der Waals surface area contributed by atoms with Gasteiger partial charge in [-0.15, -0.1) is 11.3 Å². The number of ether oxygens (including phenoxy) is 1. The molecule has 0 unspecified atom stereocenters. The first kappa shape index (κ1) is 27.8. The number of benzene rings is 1. The van der Waals surface area contributed by atoms with Gasteiger partial charge in [-0.25, -0.2) is 4.39 Å². The van der Waals surface area contributed by atoms with Crippen LogP contribution < -0.4 is 15.4 Å². The van der Waals surface area contributed by atoms with E-state index in [1.807, 2.05) is 29.6 Å². The van der Waals surface area contributed by atoms with Gasteiger partial charge in [-0.05, 0) is 75.7 Å². The lowest BCUT2D eigenvalue weighted by atomic mass is 9.95. The molecule has 2 aliphatic rings. The number of aliphatic hydroxyl groups is 1. The van der Waals surface area contributed by atoms with Gasteiger partial charge in [0.2, 0.25) is 0 Å². The maximum atomic E-state index is 16.6. The minimum Gasteiger partial charge on any atom is -0.463 e. The molecule has 8 nitrogen and oxygen atoms in total. The van der Waals surface area contributed by atoms with E-state index in [0.29, 0.717) is 35.0 Å². The second-order valence-electron chi connectivity index (χ2n) is 11.8. The first-order valence-corrected chi connectivity index (χ1v) is 15.2. The van der Waals surface area contributed by atoms with Gasteiger partial charge < -0.3 is 25.4 Å². The molecule has 10 heteroatoms. The van der Waals surface area contributed by atoms with Crippen LogP contribution in [0, 0.1) is 17.2 Å². The predicted octanol–water partition coefficient (Wildman–Crippen LogP) is 5.46. The summed E-state index contributed by atoms with van der Waals surface area (Å²) in [5, 5.41) is 12.1. The highest BCUT2D eigenvalue weighted by atomic mass is 32.1. The van der Waals surface area contributed by atoms with Crippen molar-refractivity contribution in [2.75, 3.05) is 57.6 Å². The molecule has 4 heterocycles. The Morgan fingerprint density at radius 2 is 2.07 bits per heavy atom. The Hall–Kier alpha value is -3.34. The molecular weight excluding hydrogens is 539 g/mol. The first-order valence-electron chi connectivity index (χ1n) is 14.3.